The van der Waals surface area contributed by atoms with E-state index >= 15 is 0 Å². The highest BCUT2D eigenvalue weighted by Crippen LogP contribution is 2.42. The zero-order valence-electron chi connectivity index (χ0n) is 10.1. The monoisotopic (exact) mass is 221 g/mol. The third-order valence-corrected chi connectivity index (χ3v) is 3.86. The van der Waals surface area contributed by atoms with Gasteiger partial charge in [0.05, 0.1) is 0 Å². The van der Waals surface area contributed by atoms with Crippen LogP contribution in [0, 0.1) is 5.82 Å². The molecule has 0 aliphatic carbocycles. The van der Waals surface area contributed by atoms with Crippen molar-refractivity contribution in [2.45, 2.75) is 44.9 Å². The van der Waals surface area contributed by atoms with Crippen LogP contribution >= 0.6 is 0 Å². The molecule has 0 radical (unpaired) electrons. The van der Waals surface area contributed by atoms with Gasteiger partial charge in [0.15, 0.2) is 0 Å². The van der Waals surface area contributed by atoms with Gasteiger partial charge in [-0.05, 0) is 36.6 Å². The van der Waals surface area contributed by atoms with Crippen LogP contribution in [0.4, 0.5) is 10.1 Å². The van der Waals surface area contributed by atoms with Gasteiger partial charge >= 0.3 is 0 Å². The Bertz CT molecular complexity index is 375. The summed E-state index contributed by atoms with van der Waals surface area (Å²) in [7, 11) is 0. The highest BCUT2D eigenvalue weighted by Gasteiger charge is 2.36. The topological polar surface area (TPSA) is 12.0 Å². The minimum absolute atomic E-state index is 0.114. The van der Waals surface area contributed by atoms with Crippen molar-refractivity contribution in [2.24, 2.45) is 0 Å². The molecule has 0 aromatic heterocycles. The van der Waals surface area contributed by atoms with Gasteiger partial charge in [-0.3, -0.25) is 0 Å². The molecule has 0 bridgehead atoms. The highest BCUT2D eigenvalue weighted by molar-refractivity contribution is 5.60. The second-order valence-electron chi connectivity index (χ2n) is 4.78. The molecule has 2 rings (SSSR count). The molecule has 1 N–H and O–H groups in total. The smallest absolute Gasteiger partial charge is 0.123 e. The van der Waals surface area contributed by atoms with Crippen LogP contribution < -0.4 is 5.32 Å². The lowest BCUT2D eigenvalue weighted by Crippen LogP contribution is -2.27. The Balaban J connectivity index is 2.34. The van der Waals surface area contributed by atoms with Crippen LogP contribution in [0.5, 0.6) is 0 Å². The lowest BCUT2D eigenvalue weighted by atomic mass is 9.76. The number of unbranched alkanes of at least 4 members (excludes halogenated alkanes) is 1. The molecule has 0 amide bonds. The van der Waals surface area contributed by atoms with Gasteiger partial charge in [0.1, 0.15) is 5.82 Å². The van der Waals surface area contributed by atoms with E-state index < -0.39 is 0 Å². The van der Waals surface area contributed by atoms with Gasteiger partial charge < -0.3 is 5.32 Å². The Labute approximate surface area is 97.1 Å². The van der Waals surface area contributed by atoms with Crippen molar-refractivity contribution in [3.63, 3.8) is 0 Å². The summed E-state index contributed by atoms with van der Waals surface area (Å²) in [6.07, 6.45) is 4.65. The van der Waals surface area contributed by atoms with Crippen LogP contribution in [0.15, 0.2) is 18.2 Å². The van der Waals surface area contributed by atoms with Crippen LogP contribution in [0.25, 0.3) is 0 Å². The quantitative estimate of drug-likeness (QED) is 0.807. The molecule has 0 saturated heterocycles. The number of rotatable bonds is 4. The van der Waals surface area contributed by atoms with Crippen molar-refractivity contribution < 1.29 is 4.39 Å². The molecule has 0 saturated carbocycles. The third-order valence-electron chi connectivity index (χ3n) is 3.86. The van der Waals surface area contributed by atoms with E-state index in [0.29, 0.717) is 0 Å². The molecule has 16 heavy (non-hydrogen) atoms. The van der Waals surface area contributed by atoms with E-state index in [1.165, 1.54) is 24.5 Å². The van der Waals surface area contributed by atoms with Gasteiger partial charge in [-0.15, -0.1) is 0 Å². The summed E-state index contributed by atoms with van der Waals surface area (Å²) in [6, 6.07) is 5.12. The van der Waals surface area contributed by atoms with Gasteiger partial charge in [-0.25, -0.2) is 4.39 Å². The first-order valence-electron chi connectivity index (χ1n) is 6.26. The summed E-state index contributed by atoms with van der Waals surface area (Å²) < 4.78 is 13.3. The molecule has 2 heteroatoms. The molecular formula is C14H20FN. The van der Waals surface area contributed by atoms with Crippen LogP contribution in [-0.4, -0.2) is 6.54 Å². The molecule has 1 heterocycles. The Hall–Kier alpha value is -1.05. The summed E-state index contributed by atoms with van der Waals surface area (Å²) in [4.78, 5) is 0. The summed E-state index contributed by atoms with van der Waals surface area (Å²) in [5, 5.41) is 3.41. The number of fused-ring (bicyclic) bond motifs is 1. The summed E-state index contributed by atoms with van der Waals surface area (Å²) >= 11 is 0. The predicted octanol–water partition coefficient (Wildman–Crippen LogP) is 4.09. The maximum absolute atomic E-state index is 13.3. The highest BCUT2D eigenvalue weighted by atomic mass is 19.1. The first-order chi connectivity index (χ1) is 7.72. The van der Waals surface area contributed by atoms with Gasteiger partial charge in [0.2, 0.25) is 0 Å². The number of nitrogens with one attached hydrogen (secondary N) is 1. The second-order valence-corrected chi connectivity index (χ2v) is 4.78. The number of hydrogen-bond acceptors (Lipinski definition) is 1. The number of benzene rings is 1. The largest absolute Gasteiger partial charge is 0.384 e. The van der Waals surface area contributed by atoms with Crippen molar-refractivity contribution in [1.29, 1.82) is 0 Å². The molecule has 0 spiro atoms. The molecular weight excluding hydrogens is 201 g/mol. The molecule has 0 fully saturated rings. The first kappa shape index (κ1) is 11.4. The maximum Gasteiger partial charge on any atom is 0.123 e. The van der Waals surface area contributed by atoms with Gasteiger partial charge in [-0.1, -0.05) is 26.7 Å². The minimum atomic E-state index is -0.114. The molecule has 88 valence electrons. The van der Waals surface area contributed by atoms with Crippen LogP contribution in [-0.2, 0) is 5.41 Å². The van der Waals surface area contributed by atoms with Crippen molar-refractivity contribution in [3.8, 4) is 0 Å². The summed E-state index contributed by atoms with van der Waals surface area (Å²) in [5.74, 6) is -0.114. The summed E-state index contributed by atoms with van der Waals surface area (Å²) in [5.41, 5.74) is 2.47. The molecule has 1 aromatic carbocycles. The molecule has 1 aliphatic heterocycles. The van der Waals surface area contributed by atoms with E-state index in [1.54, 1.807) is 6.07 Å². The third kappa shape index (κ3) is 1.81. The Morgan fingerprint density at radius 2 is 2.19 bits per heavy atom. The second kappa shape index (κ2) is 4.44. The van der Waals surface area contributed by atoms with E-state index in [9.17, 15) is 4.39 Å². The fourth-order valence-electron chi connectivity index (χ4n) is 2.70. The average molecular weight is 221 g/mol. The molecule has 1 aromatic rings. The van der Waals surface area contributed by atoms with Crippen LogP contribution in [0.2, 0.25) is 0 Å². The van der Waals surface area contributed by atoms with E-state index in [2.05, 4.69) is 19.2 Å². The van der Waals surface area contributed by atoms with Crippen molar-refractivity contribution in [2.75, 3.05) is 11.9 Å². The van der Waals surface area contributed by atoms with Gasteiger partial charge in [0.25, 0.3) is 0 Å². The summed E-state index contributed by atoms with van der Waals surface area (Å²) in [6.45, 7) is 5.37. The standard InChI is InChI=1S/C14H20FN/c1-3-5-8-14(4-2)10-16-13-7-6-11(15)9-12(13)14/h6-7,9,16H,3-5,8,10H2,1-2H3. The zero-order chi connectivity index (χ0) is 11.6. The number of halogens is 1. The number of anilines is 1. The number of hydrogen-bond donors (Lipinski definition) is 1. The average Bonchev–Trinajstić information content (AvgIpc) is 2.66. The van der Waals surface area contributed by atoms with Crippen molar-refractivity contribution in [3.05, 3.63) is 29.6 Å². The normalized spacial score (nSPS) is 22.9. The van der Waals surface area contributed by atoms with E-state index in [0.717, 1.165) is 25.1 Å². The van der Waals surface area contributed by atoms with E-state index in [4.69, 9.17) is 0 Å². The Morgan fingerprint density at radius 3 is 2.88 bits per heavy atom. The zero-order valence-corrected chi connectivity index (χ0v) is 10.1. The first-order valence-corrected chi connectivity index (χ1v) is 6.26. The Kier molecular flexibility index (Phi) is 3.17. The predicted molar refractivity (Wildman–Crippen MR) is 66.4 cm³/mol. The fourth-order valence-corrected chi connectivity index (χ4v) is 2.70. The van der Waals surface area contributed by atoms with Gasteiger partial charge in [0, 0.05) is 17.6 Å². The van der Waals surface area contributed by atoms with Crippen LogP contribution in [0.1, 0.15) is 45.1 Å². The molecule has 1 atom stereocenters. The lowest BCUT2D eigenvalue weighted by Gasteiger charge is -2.27. The Morgan fingerprint density at radius 1 is 1.38 bits per heavy atom. The molecule has 1 aliphatic rings. The van der Waals surface area contributed by atoms with Gasteiger partial charge in [-0.2, -0.15) is 0 Å². The minimum Gasteiger partial charge on any atom is -0.384 e. The van der Waals surface area contributed by atoms with E-state index in [1.807, 2.05) is 6.07 Å². The van der Waals surface area contributed by atoms with Crippen molar-refractivity contribution in [1.82, 2.24) is 0 Å². The fraction of sp³-hybridized carbons (Fsp3) is 0.571. The van der Waals surface area contributed by atoms with Crippen molar-refractivity contribution >= 4 is 5.69 Å². The van der Waals surface area contributed by atoms with Crippen LogP contribution in [0.3, 0.4) is 0 Å². The molecule has 1 nitrogen and oxygen atoms in total. The molecule has 1 unspecified atom stereocenters. The van der Waals surface area contributed by atoms with E-state index in [-0.39, 0.29) is 11.2 Å². The maximum atomic E-state index is 13.3. The lowest BCUT2D eigenvalue weighted by molar-refractivity contribution is 0.400. The SMILES string of the molecule is CCCCC1(CC)CNc2ccc(F)cc21.